The fourth-order valence-electron chi connectivity index (χ4n) is 2.72. The van der Waals surface area contributed by atoms with Crippen LogP contribution >= 0.6 is 0 Å². The van der Waals surface area contributed by atoms with Crippen molar-refractivity contribution in [3.63, 3.8) is 0 Å². The maximum Gasteiger partial charge on any atom is 0.416 e. The van der Waals surface area contributed by atoms with Crippen LogP contribution in [-0.2, 0) is 6.18 Å². The van der Waals surface area contributed by atoms with E-state index in [9.17, 15) is 13.2 Å². The molecule has 0 radical (unpaired) electrons. The molecule has 1 atom stereocenters. The summed E-state index contributed by atoms with van der Waals surface area (Å²) in [5.74, 6) is 0.162. The van der Waals surface area contributed by atoms with Crippen molar-refractivity contribution in [3.05, 3.63) is 65.2 Å². The highest BCUT2D eigenvalue weighted by Crippen LogP contribution is 2.37. The molecule has 4 heteroatoms. The quantitative estimate of drug-likeness (QED) is 0.799. The molecule has 1 aliphatic rings. The van der Waals surface area contributed by atoms with Crippen LogP contribution in [0, 0.1) is 0 Å². The zero-order valence-electron chi connectivity index (χ0n) is 10.7. The number of halogens is 3. The molecule has 2 aromatic carbocycles. The van der Waals surface area contributed by atoms with Gasteiger partial charge in [0, 0.05) is 18.2 Å². The molecule has 20 heavy (non-hydrogen) atoms. The number of hydrogen-bond acceptors (Lipinski definition) is 1. The lowest BCUT2D eigenvalue weighted by Gasteiger charge is -2.27. The Kier molecular flexibility index (Phi) is 3.16. The standard InChI is InChI=1S/C16H14F3N/c17-16(18,19)12-7-5-11(6-8-12)13-9-10-20-15-4-2-1-3-14(13)15/h1-8,13,20H,9-10H2. The smallest absolute Gasteiger partial charge is 0.385 e. The maximum absolute atomic E-state index is 12.6. The van der Waals surface area contributed by atoms with Gasteiger partial charge in [-0.3, -0.25) is 0 Å². The number of para-hydroxylation sites is 1. The van der Waals surface area contributed by atoms with Gasteiger partial charge in [0.05, 0.1) is 5.56 Å². The van der Waals surface area contributed by atoms with Gasteiger partial charge >= 0.3 is 6.18 Å². The highest BCUT2D eigenvalue weighted by atomic mass is 19.4. The molecule has 0 aromatic heterocycles. The number of nitrogens with one attached hydrogen (secondary N) is 1. The van der Waals surface area contributed by atoms with Crippen LogP contribution in [-0.4, -0.2) is 6.54 Å². The Balaban J connectivity index is 1.95. The minimum absolute atomic E-state index is 0.162. The van der Waals surface area contributed by atoms with Gasteiger partial charge in [0.15, 0.2) is 0 Å². The highest BCUT2D eigenvalue weighted by Gasteiger charge is 2.30. The van der Waals surface area contributed by atoms with E-state index in [1.165, 1.54) is 12.1 Å². The molecule has 1 N–H and O–H groups in total. The molecule has 0 fully saturated rings. The lowest BCUT2D eigenvalue weighted by atomic mass is 9.85. The third kappa shape index (κ3) is 2.38. The molecule has 3 rings (SSSR count). The third-order valence-corrected chi connectivity index (χ3v) is 3.73. The summed E-state index contributed by atoms with van der Waals surface area (Å²) in [5, 5.41) is 3.32. The molecule has 1 heterocycles. The van der Waals surface area contributed by atoms with Gasteiger partial charge < -0.3 is 5.32 Å². The average Bonchev–Trinajstić information content (AvgIpc) is 2.46. The summed E-state index contributed by atoms with van der Waals surface area (Å²) in [4.78, 5) is 0. The van der Waals surface area contributed by atoms with Gasteiger partial charge in [-0.2, -0.15) is 13.2 Å². The summed E-state index contributed by atoms with van der Waals surface area (Å²) >= 11 is 0. The van der Waals surface area contributed by atoms with Gasteiger partial charge in [0.2, 0.25) is 0 Å². The Labute approximate surface area is 115 Å². The van der Waals surface area contributed by atoms with Crippen LogP contribution in [0.2, 0.25) is 0 Å². The van der Waals surface area contributed by atoms with Crippen LogP contribution in [0.1, 0.15) is 29.0 Å². The second-order valence-corrected chi connectivity index (χ2v) is 4.98. The van der Waals surface area contributed by atoms with Gasteiger partial charge in [-0.25, -0.2) is 0 Å². The van der Waals surface area contributed by atoms with Crippen LogP contribution in [0.4, 0.5) is 18.9 Å². The Morgan fingerprint density at radius 3 is 2.35 bits per heavy atom. The molecule has 2 aromatic rings. The van der Waals surface area contributed by atoms with Crippen LogP contribution in [0.3, 0.4) is 0 Å². The van der Waals surface area contributed by atoms with Crippen molar-refractivity contribution in [2.75, 3.05) is 11.9 Å². The van der Waals surface area contributed by atoms with E-state index in [-0.39, 0.29) is 5.92 Å². The van der Waals surface area contributed by atoms with Crippen molar-refractivity contribution in [1.82, 2.24) is 0 Å². The largest absolute Gasteiger partial charge is 0.416 e. The van der Waals surface area contributed by atoms with Gasteiger partial charge in [0.25, 0.3) is 0 Å². The van der Waals surface area contributed by atoms with E-state index in [1.807, 2.05) is 24.3 Å². The summed E-state index contributed by atoms with van der Waals surface area (Å²) in [5.41, 5.74) is 2.57. The van der Waals surface area contributed by atoms with E-state index in [0.29, 0.717) is 0 Å². The molecule has 1 unspecified atom stereocenters. The van der Waals surface area contributed by atoms with Gasteiger partial charge in [0.1, 0.15) is 0 Å². The molecular formula is C16H14F3N. The van der Waals surface area contributed by atoms with Crippen molar-refractivity contribution in [3.8, 4) is 0 Å². The van der Waals surface area contributed by atoms with E-state index in [0.717, 1.165) is 29.8 Å². The second-order valence-electron chi connectivity index (χ2n) is 4.98. The number of anilines is 1. The molecule has 0 saturated heterocycles. The maximum atomic E-state index is 12.6. The number of rotatable bonds is 1. The van der Waals surface area contributed by atoms with Crippen LogP contribution < -0.4 is 5.32 Å². The molecule has 0 saturated carbocycles. The van der Waals surface area contributed by atoms with Crippen LogP contribution in [0.15, 0.2) is 48.5 Å². The van der Waals surface area contributed by atoms with E-state index in [1.54, 1.807) is 12.1 Å². The fraction of sp³-hybridized carbons (Fsp3) is 0.250. The molecule has 104 valence electrons. The van der Waals surface area contributed by atoms with Crippen LogP contribution in [0.5, 0.6) is 0 Å². The topological polar surface area (TPSA) is 12.0 Å². The predicted molar refractivity (Wildman–Crippen MR) is 72.8 cm³/mol. The van der Waals surface area contributed by atoms with E-state index >= 15 is 0 Å². The first kappa shape index (κ1) is 13.0. The van der Waals surface area contributed by atoms with Crippen molar-refractivity contribution in [2.24, 2.45) is 0 Å². The number of fused-ring (bicyclic) bond motifs is 1. The molecule has 1 aliphatic heterocycles. The summed E-state index contributed by atoms with van der Waals surface area (Å²) in [6, 6.07) is 13.5. The molecular weight excluding hydrogens is 263 g/mol. The van der Waals surface area contributed by atoms with Crippen molar-refractivity contribution < 1.29 is 13.2 Å². The normalized spacial score (nSPS) is 18.2. The lowest BCUT2D eigenvalue weighted by Crippen LogP contribution is -2.17. The lowest BCUT2D eigenvalue weighted by molar-refractivity contribution is -0.137. The second kappa shape index (κ2) is 4.85. The van der Waals surface area contributed by atoms with E-state index < -0.39 is 11.7 Å². The molecule has 0 amide bonds. The number of alkyl halides is 3. The van der Waals surface area contributed by atoms with Crippen molar-refractivity contribution in [1.29, 1.82) is 0 Å². The summed E-state index contributed by atoms with van der Waals surface area (Å²) < 4.78 is 37.8. The minimum atomic E-state index is -4.27. The highest BCUT2D eigenvalue weighted by molar-refractivity contribution is 5.57. The Morgan fingerprint density at radius 1 is 0.950 bits per heavy atom. The number of hydrogen-bond donors (Lipinski definition) is 1. The SMILES string of the molecule is FC(F)(F)c1ccc(C2CCNc3ccccc32)cc1. The monoisotopic (exact) mass is 277 g/mol. The third-order valence-electron chi connectivity index (χ3n) is 3.73. The first-order valence-corrected chi connectivity index (χ1v) is 6.55. The number of benzene rings is 2. The van der Waals surface area contributed by atoms with Crippen molar-refractivity contribution >= 4 is 5.69 Å². The van der Waals surface area contributed by atoms with Gasteiger partial charge in [-0.1, -0.05) is 30.3 Å². The zero-order chi connectivity index (χ0) is 14.2. The van der Waals surface area contributed by atoms with Crippen LogP contribution in [0.25, 0.3) is 0 Å². The predicted octanol–water partition coefficient (Wildman–Crippen LogP) is 4.65. The Morgan fingerprint density at radius 2 is 1.65 bits per heavy atom. The minimum Gasteiger partial charge on any atom is -0.385 e. The van der Waals surface area contributed by atoms with Crippen molar-refractivity contribution in [2.45, 2.75) is 18.5 Å². The molecule has 0 bridgehead atoms. The Bertz CT molecular complexity index is 602. The van der Waals surface area contributed by atoms with Gasteiger partial charge in [-0.05, 0) is 35.7 Å². The molecule has 1 nitrogen and oxygen atoms in total. The summed E-state index contributed by atoms with van der Waals surface area (Å²) in [7, 11) is 0. The summed E-state index contributed by atoms with van der Waals surface area (Å²) in [6.07, 6.45) is -3.38. The summed E-state index contributed by atoms with van der Waals surface area (Å²) in [6.45, 7) is 0.836. The zero-order valence-corrected chi connectivity index (χ0v) is 10.7. The fourth-order valence-corrected chi connectivity index (χ4v) is 2.72. The molecule has 0 aliphatic carbocycles. The van der Waals surface area contributed by atoms with Gasteiger partial charge in [-0.15, -0.1) is 0 Å². The van der Waals surface area contributed by atoms with E-state index in [4.69, 9.17) is 0 Å². The Hall–Kier alpha value is -1.97. The first-order valence-electron chi connectivity index (χ1n) is 6.55. The van der Waals surface area contributed by atoms with E-state index in [2.05, 4.69) is 5.32 Å². The molecule has 0 spiro atoms. The average molecular weight is 277 g/mol. The first-order chi connectivity index (χ1) is 9.55.